The van der Waals surface area contributed by atoms with Gasteiger partial charge in [0.05, 0.1) is 39.9 Å². The van der Waals surface area contributed by atoms with Gasteiger partial charge in [-0.3, -0.25) is 9.36 Å². The number of nitrogens with zero attached hydrogens (tertiary/aromatic N) is 1. The fourth-order valence-corrected chi connectivity index (χ4v) is 12.3. The first kappa shape index (κ1) is 85.2. The zero-order valence-corrected chi connectivity index (χ0v) is 59.6. The van der Waals surface area contributed by atoms with E-state index in [1.54, 1.807) is 6.08 Å². The van der Waals surface area contributed by atoms with Gasteiger partial charge in [-0.05, 0) is 57.8 Å². The Bertz CT molecular complexity index is 1600. The number of phosphoric ester groups is 1. The molecule has 87 heavy (non-hydrogen) atoms. The Balaban J connectivity index is 3.91. The van der Waals surface area contributed by atoms with E-state index in [4.69, 9.17) is 9.05 Å². The van der Waals surface area contributed by atoms with E-state index in [1.165, 1.54) is 295 Å². The molecule has 0 aromatic rings. The van der Waals surface area contributed by atoms with Gasteiger partial charge in [-0.2, -0.15) is 0 Å². The van der Waals surface area contributed by atoms with E-state index in [-0.39, 0.29) is 19.1 Å². The second-order valence-electron chi connectivity index (χ2n) is 27.3. The SMILES string of the molecule is CC/C=C\C/C=C\C/C=C\C/C=C\CCCCCCCCCCCCCCCCCCCCCCCCCCCCCCC(=O)NC(COP(=O)([O-])OCC[N+](C)(C)C)C(O)/C=C/CCCCCCCCCCCCCCCCCCCCCCCC. The summed E-state index contributed by atoms with van der Waals surface area (Å²) in [5, 5.41) is 14.0. The van der Waals surface area contributed by atoms with E-state index in [9.17, 15) is 19.4 Å². The lowest BCUT2D eigenvalue weighted by Crippen LogP contribution is -2.45. The summed E-state index contributed by atoms with van der Waals surface area (Å²) in [6.07, 6.45) is 95.2. The third-order valence-electron chi connectivity index (χ3n) is 17.5. The molecule has 0 bridgehead atoms. The number of hydrogen-bond donors (Lipinski definition) is 2. The van der Waals surface area contributed by atoms with E-state index < -0.39 is 20.0 Å². The summed E-state index contributed by atoms with van der Waals surface area (Å²) in [6.45, 7) is 4.59. The maximum atomic E-state index is 13.1. The van der Waals surface area contributed by atoms with Crippen molar-refractivity contribution >= 4 is 13.7 Å². The van der Waals surface area contributed by atoms with Crippen molar-refractivity contribution in [3.63, 3.8) is 0 Å². The molecule has 0 aromatic heterocycles. The molecule has 1 amide bonds. The van der Waals surface area contributed by atoms with Crippen LogP contribution in [0, 0.1) is 0 Å². The van der Waals surface area contributed by atoms with Gasteiger partial charge >= 0.3 is 0 Å². The van der Waals surface area contributed by atoms with E-state index in [0.29, 0.717) is 17.4 Å². The van der Waals surface area contributed by atoms with Crippen LogP contribution in [0.5, 0.6) is 0 Å². The minimum absolute atomic E-state index is 0.000975. The van der Waals surface area contributed by atoms with Crippen LogP contribution in [0.3, 0.4) is 0 Å². The summed E-state index contributed by atoms with van der Waals surface area (Å²) < 4.78 is 23.5. The summed E-state index contributed by atoms with van der Waals surface area (Å²) in [5.41, 5.74) is 0. The van der Waals surface area contributed by atoms with Gasteiger partial charge < -0.3 is 28.8 Å². The Morgan fingerprint density at radius 2 is 0.701 bits per heavy atom. The number of amides is 1. The number of aliphatic hydroxyl groups excluding tert-OH is 1. The number of carbonyl (C=O) groups is 1. The summed E-state index contributed by atoms with van der Waals surface area (Å²) in [7, 11) is 1.28. The minimum atomic E-state index is -4.60. The quantitative estimate of drug-likeness (QED) is 0.0272. The normalized spacial score (nSPS) is 13.9. The summed E-state index contributed by atoms with van der Waals surface area (Å²) >= 11 is 0. The number of rotatable bonds is 71. The lowest BCUT2D eigenvalue weighted by atomic mass is 10.0. The number of likely N-dealkylation sites (N-methyl/N-ethyl adjacent to an activating group) is 1. The molecule has 0 saturated carbocycles. The number of hydrogen-bond acceptors (Lipinski definition) is 6. The summed E-state index contributed by atoms with van der Waals surface area (Å²) in [5.74, 6) is -0.189. The van der Waals surface area contributed by atoms with Crippen LogP contribution in [0.25, 0.3) is 0 Å². The van der Waals surface area contributed by atoms with Crippen LogP contribution >= 0.6 is 7.82 Å². The number of unbranched alkanes of at least 4 members (excludes halogenated alkanes) is 50. The molecule has 0 aliphatic heterocycles. The maximum Gasteiger partial charge on any atom is 0.268 e. The van der Waals surface area contributed by atoms with Crippen LogP contribution in [-0.4, -0.2) is 68.5 Å². The third-order valence-corrected chi connectivity index (χ3v) is 18.4. The molecule has 512 valence electrons. The Morgan fingerprint density at radius 3 is 1.02 bits per heavy atom. The molecule has 0 aliphatic carbocycles. The van der Waals surface area contributed by atoms with E-state index in [2.05, 4.69) is 67.8 Å². The van der Waals surface area contributed by atoms with Crippen molar-refractivity contribution in [3.8, 4) is 0 Å². The van der Waals surface area contributed by atoms with E-state index >= 15 is 0 Å². The molecular formula is C78H149N2O6P. The van der Waals surface area contributed by atoms with Crippen molar-refractivity contribution in [3.05, 3.63) is 60.8 Å². The molecule has 0 spiro atoms. The van der Waals surface area contributed by atoms with E-state index in [1.807, 2.05) is 27.2 Å². The van der Waals surface area contributed by atoms with Gasteiger partial charge in [0.25, 0.3) is 7.82 Å². The third kappa shape index (κ3) is 71.5. The molecule has 0 saturated heterocycles. The first-order chi connectivity index (χ1) is 42.5. The van der Waals surface area contributed by atoms with Crippen molar-refractivity contribution in [2.75, 3.05) is 40.9 Å². The summed E-state index contributed by atoms with van der Waals surface area (Å²) in [6, 6.07) is -0.887. The predicted octanol–water partition coefficient (Wildman–Crippen LogP) is 24.1. The highest BCUT2D eigenvalue weighted by Gasteiger charge is 2.23. The zero-order chi connectivity index (χ0) is 63.4. The van der Waals surface area contributed by atoms with Crippen LogP contribution in [0.15, 0.2) is 60.8 Å². The fourth-order valence-electron chi connectivity index (χ4n) is 11.6. The van der Waals surface area contributed by atoms with Gasteiger partial charge in [-0.15, -0.1) is 0 Å². The maximum absolute atomic E-state index is 13.1. The first-order valence-electron chi connectivity index (χ1n) is 38.2. The number of carbonyl (C=O) groups excluding carboxylic acids is 1. The summed E-state index contributed by atoms with van der Waals surface area (Å²) in [4.78, 5) is 25.7. The van der Waals surface area contributed by atoms with Gasteiger partial charge in [-0.25, -0.2) is 0 Å². The second-order valence-corrected chi connectivity index (χ2v) is 28.7. The number of phosphoric acid groups is 1. The molecule has 3 atom stereocenters. The van der Waals surface area contributed by atoms with Gasteiger partial charge in [0.15, 0.2) is 0 Å². The van der Waals surface area contributed by atoms with Crippen LogP contribution < -0.4 is 10.2 Å². The second kappa shape index (κ2) is 68.6. The van der Waals surface area contributed by atoms with Crippen LogP contribution in [0.1, 0.15) is 380 Å². The molecule has 0 rings (SSSR count). The Kier molecular flexibility index (Phi) is 67.1. The molecule has 0 aromatic carbocycles. The monoisotopic (exact) mass is 1240 g/mol. The van der Waals surface area contributed by atoms with Crippen molar-refractivity contribution in [2.45, 2.75) is 392 Å². The molecule has 9 heteroatoms. The number of nitrogens with one attached hydrogen (secondary N) is 1. The lowest BCUT2D eigenvalue weighted by molar-refractivity contribution is -0.870. The highest BCUT2D eigenvalue weighted by atomic mass is 31.2. The van der Waals surface area contributed by atoms with Crippen LogP contribution in [0.2, 0.25) is 0 Å². The molecule has 2 N–H and O–H groups in total. The molecule has 0 aliphatic rings. The molecular weight excluding hydrogens is 1090 g/mol. The molecule has 0 fully saturated rings. The largest absolute Gasteiger partial charge is 0.756 e. The van der Waals surface area contributed by atoms with Crippen molar-refractivity contribution < 1.29 is 32.9 Å². The van der Waals surface area contributed by atoms with Crippen molar-refractivity contribution in [2.24, 2.45) is 0 Å². The van der Waals surface area contributed by atoms with E-state index in [0.717, 1.165) is 64.2 Å². The van der Waals surface area contributed by atoms with Crippen LogP contribution in [0.4, 0.5) is 0 Å². The van der Waals surface area contributed by atoms with Gasteiger partial charge in [-0.1, -0.05) is 376 Å². The van der Waals surface area contributed by atoms with Gasteiger partial charge in [0.1, 0.15) is 13.2 Å². The predicted molar refractivity (Wildman–Crippen MR) is 381 cm³/mol. The fraction of sp³-hybridized carbons (Fsp3) is 0.859. The average molecular weight is 1240 g/mol. The molecule has 0 radical (unpaired) electrons. The van der Waals surface area contributed by atoms with Gasteiger partial charge in [0.2, 0.25) is 5.91 Å². The topological polar surface area (TPSA) is 108 Å². The molecule has 8 nitrogen and oxygen atoms in total. The number of allylic oxidation sites excluding steroid dienone is 9. The molecule has 0 heterocycles. The zero-order valence-electron chi connectivity index (χ0n) is 58.7. The number of quaternary nitrogens is 1. The molecule has 3 unspecified atom stereocenters. The Labute approximate surface area is 542 Å². The Hall–Kier alpha value is -1.80. The van der Waals surface area contributed by atoms with Crippen LogP contribution in [-0.2, 0) is 18.4 Å². The minimum Gasteiger partial charge on any atom is -0.756 e. The first-order valence-corrected chi connectivity index (χ1v) is 39.6. The number of aliphatic hydroxyl groups is 1. The Morgan fingerprint density at radius 1 is 0.414 bits per heavy atom. The highest BCUT2D eigenvalue weighted by molar-refractivity contribution is 7.45. The standard InChI is InChI=1S/C78H149N2O6P/c1-6-8-10-12-14-16-18-20-22-24-26-28-30-32-33-34-35-36-37-38-39-40-41-42-43-44-45-46-47-48-50-52-54-56-58-60-62-64-66-68-70-72-78(82)79-76(75-86-87(83,84)85-74-73-80(3,4)5)77(81)71-69-67-65-63-61-59-57-55-53-51-49-31-29-27-25-23-21-19-17-15-13-11-9-7-2/h8,10,14,16,20,22,26,28,69,71,76-77,81H,6-7,9,11-13,15,17-19,21,23-25,27,29-68,70,72-75H2,1-5H3,(H-,79,82,83,84)/b10-8-,16-14-,22-20-,28-26-,71-69+. The van der Waals surface area contributed by atoms with Crippen molar-refractivity contribution in [1.29, 1.82) is 0 Å². The van der Waals surface area contributed by atoms with Crippen molar-refractivity contribution in [1.82, 2.24) is 5.32 Å². The smallest absolute Gasteiger partial charge is 0.268 e. The average Bonchev–Trinajstić information content (AvgIpc) is 3.71. The highest BCUT2D eigenvalue weighted by Crippen LogP contribution is 2.38. The lowest BCUT2D eigenvalue weighted by Gasteiger charge is -2.29. The van der Waals surface area contributed by atoms with Gasteiger partial charge in [0, 0.05) is 6.42 Å².